The molecule has 1 atom stereocenters. The molecule has 0 bridgehead atoms. The van der Waals surface area contributed by atoms with E-state index in [0.717, 1.165) is 5.75 Å². The fourth-order valence-corrected chi connectivity index (χ4v) is 1.38. The van der Waals surface area contributed by atoms with E-state index in [4.69, 9.17) is 10.5 Å². The summed E-state index contributed by atoms with van der Waals surface area (Å²) in [5.74, 6) is 0.436. The van der Waals surface area contributed by atoms with Gasteiger partial charge < -0.3 is 15.8 Å². The topological polar surface area (TPSA) is 64.3 Å². The summed E-state index contributed by atoms with van der Waals surface area (Å²) in [6.07, 6.45) is 0.534. The van der Waals surface area contributed by atoms with E-state index in [-0.39, 0.29) is 5.91 Å². The standard InChI is InChI=1S/C13H20N2O2/c1-10-4-6-11(7-5-10)17-9-8-13(2,15-3)12(14)16/h4-7,15H,8-9H2,1-3H3,(H2,14,16). The largest absolute Gasteiger partial charge is 0.494 e. The normalized spacial score (nSPS) is 14.1. The average Bonchev–Trinajstić information content (AvgIpc) is 2.31. The SMILES string of the molecule is CNC(C)(CCOc1ccc(C)cc1)C(N)=O. The molecule has 4 nitrogen and oxygen atoms in total. The van der Waals surface area contributed by atoms with Crippen LogP contribution in [-0.4, -0.2) is 25.1 Å². The van der Waals surface area contributed by atoms with E-state index in [9.17, 15) is 4.79 Å². The van der Waals surface area contributed by atoms with E-state index in [1.807, 2.05) is 31.2 Å². The molecular formula is C13H20N2O2. The van der Waals surface area contributed by atoms with Crippen LogP contribution in [-0.2, 0) is 4.79 Å². The lowest BCUT2D eigenvalue weighted by atomic mass is 9.98. The minimum atomic E-state index is -0.718. The lowest BCUT2D eigenvalue weighted by Gasteiger charge is -2.25. The molecule has 0 heterocycles. The molecule has 1 amide bonds. The first-order chi connectivity index (χ1) is 7.98. The highest BCUT2D eigenvalue weighted by molar-refractivity contribution is 5.84. The van der Waals surface area contributed by atoms with E-state index in [1.165, 1.54) is 5.56 Å². The quantitative estimate of drug-likeness (QED) is 0.780. The maximum Gasteiger partial charge on any atom is 0.237 e. The van der Waals surface area contributed by atoms with Crippen molar-refractivity contribution < 1.29 is 9.53 Å². The average molecular weight is 236 g/mol. The number of nitrogens with two attached hydrogens (primary N) is 1. The van der Waals surface area contributed by atoms with Crippen molar-refractivity contribution in [3.8, 4) is 5.75 Å². The van der Waals surface area contributed by atoms with Crippen molar-refractivity contribution in [1.82, 2.24) is 5.32 Å². The molecule has 1 rings (SSSR count). The summed E-state index contributed by atoms with van der Waals surface area (Å²) in [7, 11) is 1.72. The molecule has 17 heavy (non-hydrogen) atoms. The van der Waals surface area contributed by atoms with Crippen LogP contribution in [0.2, 0.25) is 0 Å². The summed E-state index contributed by atoms with van der Waals surface area (Å²) < 4.78 is 5.56. The number of rotatable bonds is 6. The number of benzene rings is 1. The van der Waals surface area contributed by atoms with E-state index in [1.54, 1.807) is 14.0 Å². The minimum absolute atomic E-state index is 0.368. The zero-order chi connectivity index (χ0) is 12.9. The van der Waals surface area contributed by atoms with E-state index < -0.39 is 5.54 Å². The van der Waals surface area contributed by atoms with Crippen LogP contribution in [0, 0.1) is 6.92 Å². The molecule has 1 aromatic rings. The fraction of sp³-hybridized carbons (Fsp3) is 0.462. The highest BCUT2D eigenvalue weighted by Gasteiger charge is 2.28. The van der Waals surface area contributed by atoms with Crippen molar-refractivity contribution in [2.45, 2.75) is 25.8 Å². The number of likely N-dealkylation sites (N-methyl/N-ethyl adjacent to an activating group) is 1. The maximum atomic E-state index is 11.2. The highest BCUT2D eigenvalue weighted by Crippen LogP contribution is 2.14. The third-order valence-corrected chi connectivity index (χ3v) is 2.99. The molecule has 1 unspecified atom stereocenters. The van der Waals surface area contributed by atoms with Crippen molar-refractivity contribution in [2.24, 2.45) is 5.73 Å². The van der Waals surface area contributed by atoms with Crippen molar-refractivity contribution in [1.29, 1.82) is 0 Å². The van der Waals surface area contributed by atoms with E-state index in [2.05, 4.69) is 5.32 Å². The van der Waals surface area contributed by atoms with E-state index in [0.29, 0.717) is 13.0 Å². The number of ether oxygens (including phenoxy) is 1. The van der Waals surface area contributed by atoms with Gasteiger partial charge in [0.05, 0.1) is 12.1 Å². The number of nitrogens with one attached hydrogen (secondary N) is 1. The number of hydrogen-bond acceptors (Lipinski definition) is 3. The number of carbonyl (C=O) groups excluding carboxylic acids is 1. The van der Waals surface area contributed by atoms with Crippen LogP contribution in [0.5, 0.6) is 5.75 Å². The zero-order valence-electron chi connectivity index (χ0n) is 10.6. The summed E-state index contributed by atoms with van der Waals surface area (Å²) >= 11 is 0. The Kier molecular flexibility index (Phi) is 4.52. The lowest BCUT2D eigenvalue weighted by Crippen LogP contribution is -2.52. The van der Waals surface area contributed by atoms with Gasteiger partial charge in [-0.3, -0.25) is 4.79 Å². The molecule has 0 aliphatic carbocycles. The van der Waals surface area contributed by atoms with Gasteiger partial charge in [-0.1, -0.05) is 17.7 Å². The second-order valence-corrected chi connectivity index (χ2v) is 4.36. The summed E-state index contributed by atoms with van der Waals surface area (Å²) in [5, 5.41) is 2.92. The Labute approximate surface area is 102 Å². The maximum absolute atomic E-state index is 11.2. The molecule has 1 aromatic carbocycles. The van der Waals surface area contributed by atoms with Crippen molar-refractivity contribution >= 4 is 5.91 Å². The molecule has 0 aliphatic heterocycles. The van der Waals surface area contributed by atoms with Crippen molar-refractivity contribution in [3.63, 3.8) is 0 Å². The van der Waals surface area contributed by atoms with Gasteiger partial charge in [-0.15, -0.1) is 0 Å². The molecule has 0 fully saturated rings. The molecule has 0 aromatic heterocycles. The Morgan fingerprint density at radius 2 is 2.00 bits per heavy atom. The predicted octanol–water partition coefficient (Wildman–Crippen LogP) is 1.23. The molecular weight excluding hydrogens is 216 g/mol. The fourth-order valence-electron chi connectivity index (χ4n) is 1.38. The van der Waals surface area contributed by atoms with Gasteiger partial charge in [-0.25, -0.2) is 0 Å². The van der Waals surface area contributed by atoms with Crippen LogP contribution >= 0.6 is 0 Å². The third kappa shape index (κ3) is 3.75. The second kappa shape index (κ2) is 5.68. The monoisotopic (exact) mass is 236 g/mol. The summed E-state index contributed by atoms with van der Waals surface area (Å²) in [6.45, 7) is 4.24. The molecule has 3 N–H and O–H groups in total. The summed E-state index contributed by atoms with van der Waals surface area (Å²) in [5.41, 5.74) is 5.80. The van der Waals surface area contributed by atoms with Crippen LogP contribution in [0.3, 0.4) is 0 Å². The first-order valence-corrected chi connectivity index (χ1v) is 5.66. The first kappa shape index (κ1) is 13.5. The van der Waals surface area contributed by atoms with Crippen LogP contribution < -0.4 is 15.8 Å². The molecule has 0 saturated carbocycles. The number of carbonyl (C=O) groups is 1. The Morgan fingerprint density at radius 3 is 2.47 bits per heavy atom. The Morgan fingerprint density at radius 1 is 1.41 bits per heavy atom. The molecule has 94 valence electrons. The third-order valence-electron chi connectivity index (χ3n) is 2.99. The Balaban J connectivity index is 2.47. The number of aryl methyl sites for hydroxylation is 1. The van der Waals surface area contributed by atoms with Gasteiger partial charge in [0.1, 0.15) is 5.75 Å². The van der Waals surface area contributed by atoms with E-state index >= 15 is 0 Å². The number of amides is 1. The summed E-state index contributed by atoms with van der Waals surface area (Å²) in [4.78, 5) is 11.2. The number of hydrogen-bond donors (Lipinski definition) is 2. The van der Waals surface area contributed by atoms with Crippen molar-refractivity contribution in [2.75, 3.05) is 13.7 Å². The zero-order valence-corrected chi connectivity index (χ0v) is 10.6. The van der Waals surface area contributed by atoms with Gasteiger partial charge in [-0.05, 0) is 33.0 Å². The van der Waals surface area contributed by atoms with Crippen LogP contribution in [0.1, 0.15) is 18.9 Å². The van der Waals surface area contributed by atoms with Gasteiger partial charge in [0.2, 0.25) is 5.91 Å². The molecule has 0 radical (unpaired) electrons. The molecule has 4 heteroatoms. The second-order valence-electron chi connectivity index (χ2n) is 4.36. The molecule has 0 spiro atoms. The lowest BCUT2D eigenvalue weighted by molar-refractivity contribution is -0.124. The number of primary amides is 1. The Bertz CT molecular complexity index is 376. The highest BCUT2D eigenvalue weighted by atomic mass is 16.5. The predicted molar refractivity (Wildman–Crippen MR) is 68.0 cm³/mol. The van der Waals surface area contributed by atoms with Gasteiger partial charge in [0.15, 0.2) is 0 Å². The van der Waals surface area contributed by atoms with Crippen LogP contribution in [0.15, 0.2) is 24.3 Å². The molecule has 0 saturated heterocycles. The van der Waals surface area contributed by atoms with Gasteiger partial charge in [-0.2, -0.15) is 0 Å². The van der Waals surface area contributed by atoms with Gasteiger partial charge in [0, 0.05) is 6.42 Å². The van der Waals surface area contributed by atoms with Crippen molar-refractivity contribution in [3.05, 3.63) is 29.8 Å². The first-order valence-electron chi connectivity index (χ1n) is 5.66. The van der Waals surface area contributed by atoms with Crippen LogP contribution in [0.4, 0.5) is 0 Å². The van der Waals surface area contributed by atoms with Gasteiger partial charge >= 0.3 is 0 Å². The Hall–Kier alpha value is -1.55. The van der Waals surface area contributed by atoms with Gasteiger partial charge in [0.25, 0.3) is 0 Å². The molecule has 0 aliphatic rings. The minimum Gasteiger partial charge on any atom is -0.494 e. The summed E-state index contributed by atoms with van der Waals surface area (Å²) in [6, 6.07) is 7.80. The smallest absolute Gasteiger partial charge is 0.237 e. The van der Waals surface area contributed by atoms with Crippen LogP contribution in [0.25, 0.3) is 0 Å².